The van der Waals surface area contributed by atoms with Crippen LogP contribution in [0.25, 0.3) is 0 Å². The van der Waals surface area contributed by atoms with Crippen LogP contribution >= 0.6 is 0 Å². The maximum absolute atomic E-state index is 10.2. The van der Waals surface area contributed by atoms with Crippen molar-refractivity contribution in [2.45, 2.75) is 18.6 Å². The maximum atomic E-state index is 10.2. The van der Waals surface area contributed by atoms with Crippen LogP contribution in [-0.2, 0) is 11.3 Å². The van der Waals surface area contributed by atoms with E-state index < -0.39 is 5.60 Å². The summed E-state index contributed by atoms with van der Waals surface area (Å²) < 4.78 is 21.3. The molecule has 0 spiro atoms. The van der Waals surface area contributed by atoms with Gasteiger partial charge in [-0.3, -0.25) is 0 Å². The fourth-order valence-electron chi connectivity index (χ4n) is 2.47. The van der Waals surface area contributed by atoms with E-state index in [-0.39, 0.29) is 0 Å². The Hall–Kier alpha value is -1.50. The quantitative estimate of drug-likeness (QED) is 0.781. The first-order valence-corrected chi connectivity index (χ1v) is 6.92. The monoisotopic (exact) mass is 297 g/mol. The average molecular weight is 297 g/mol. The van der Waals surface area contributed by atoms with Gasteiger partial charge in [-0.25, -0.2) is 0 Å². The standard InChI is InChI=1S/C15H23NO5/c1-18-12-5-4-11(13(19-2)14(12)20-3)8-16-9-15(17)6-7-21-10-15/h4-5,16-17H,6-10H2,1-3H3. The Bertz CT molecular complexity index is 471. The topological polar surface area (TPSA) is 69.2 Å². The Morgan fingerprint density at radius 1 is 1.19 bits per heavy atom. The fraction of sp³-hybridized carbons (Fsp3) is 0.600. The van der Waals surface area contributed by atoms with Gasteiger partial charge in [-0.05, 0) is 6.07 Å². The SMILES string of the molecule is COc1ccc(CNCC2(O)CCOC2)c(OC)c1OC. The van der Waals surface area contributed by atoms with Gasteiger partial charge in [0.05, 0.1) is 27.9 Å². The molecular weight excluding hydrogens is 274 g/mol. The highest BCUT2D eigenvalue weighted by Gasteiger charge is 2.31. The van der Waals surface area contributed by atoms with E-state index in [9.17, 15) is 5.11 Å². The van der Waals surface area contributed by atoms with Gasteiger partial charge in [0.15, 0.2) is 11.5 Å². The van der Waals surface area contributed by atoms with Crippen molar-refractivity contribution < 1.29 is 24.1 Å². The summed E-state index contributed by atoms with van der Waals surface area (Å²) in [6.07, 6.45) is 0.656. The van der Waals surface area contributed by atoms with Crippen molar-refractivity contribution in [1.82, 2.24) is 5.32 Å². The molecule has 1 aromatic rings. The van der Waals surface area contributed by atoms with Gasteiger partial charge in [-0.2, -0.15) is 0 Å². The predicted molar refractivity (Wildman–Crippen MR) is 78.2 cm³/mol. The van der Waals surface area contributed by atoms with Gasteiger partial charge < -0.3 is 29.4 Å². The summed E-state index contributed by atoms with van der Waals surface area (Å²) in [6.45, 7) is 2.03. The molecule has 21 heavy (non-hydrogen) atoms. The van der Waals surface area contributed by atoms with Gasteiger partial charge in [0.25, 0.3) is 0 Å². The number of hydrogen-bond donors (Lipinski definition) is 2. The molecule has 1 saturated heterocycles. The zero-order chi connectivity index (χ0) is 15.3. The summed E-state index contributed by atoms with van der Waals surface area (Å²) in [5.74, 6) is 1.84. The van der Waals surface area contributed by atoms with E-state index in [2.05, 4.69) is 5.32 Å². The third kappa shape index (κ3) is 3.58. The first-order chi connectivity index (χ1) is 10.1. The molecule has 0 saturated carbocycles. The van der Waals surface area contributed by atoms with Crippen LogP contribution < -0.4 is 19.5 Å². The number of aliphatic hydroxyl groups is 1. The zero-order valence-corrected chi connectivity index (χ0v) is 12.8. The second-order valence-corrected chi connectivity index (χ2v) is 5.12. The molecule has 2 rings (SSSR count). The van der Waals surface area contributed by atoms with Crippen LogP contribution in [0.15, 0.2) is 12.1 Å². The van der Waals surface area contributed by atoms with Crippen LogP contribution in [0.5, 0.6) is 17.2 Å². The van der Waals surface area contributed by atoms with E-state index in [1.807, 2.05) is 12.1 Å². The third-order valence-electron chi connectivity index (χ3n) is 3.64. The van der Waals surface area contributed by atoms with Crippen LogP contribution in [0.3, 0.4) is 0 Å². The summed E-state index contributed by atoms with van der Waals surface area (Å²) in [5.41, 5.74) is 0.168. The largest absolute Gasteiger partial charge is 0.493 e. The fourth-order valence-corrected chi connectivity index (χ4v) is 2.47. The van der Waals surface area contributed by atoms with Crippen molar-refractivity contribution in [1.29, 1.82) is 0 Å². The Kier molecular flexibility index (Phi) is 5.27. The number of rotatable bonds is 7. The normalized spacial score (nSPS) is 21.3. The first-order valence-electron chi connectivity index (χ1n) is 6.92. The Labute approximate surface area is 125 Å². The molecule has 118 valence electrons. The van der Waals surface area contributed by atoms with Crippen molar-refractivity contribution in [3.05, 3.63) is 17.7 Å². The molecule has 6 nitrogen and oxygen atoms in total. The van der Waals surface area contributed by atoms with Crippen LogP contribution in [0.1, 0.15) is 12.0 Å². The van der Waals surface area contributed by atoms with Gasteiger partial charge in [0.2, 0.25) is 5.75 Å². The van der Waals surface area contributed by atoms with Gasteiger partial charge >= 0.3 is 0 Å². The molecule has 1 unspecified atom stereocenters. The van der Waals surface area contributed by atoms with E-state index in [0.717, 1.165) is 5.56 Å². The second-order valence-electron chi connectivity index (χ2n) is 5.12. The van der Waals surface area contributed by atoms with Crippen LogP contribution in [-0.4, -0.2) is 51.8 Å². The number of benzene rings is 1. The van der Waals surface area contributed by atoms with Crippen LogP contribution in [0.2, 0.25) is 0 Å². The van der Waals surface area contributed by atoms with E-state index in [1.165, 1.54) is 0 Å². The lowest BCUT2D eigenvalue weighted by molar-refractivity contribution is 0.0268. The van der Waals surface area contributed by atoms with Crippen molar-refractivity contribution in [3.8, 4) is 17.2 Å². The first kappa shape index (κ1) is 15.9. The van der Waals surface area contributed by atoms with Crippen LogP contribution in [0.4, 0.5) is 0 Å². The Morgan fingerprint density at radius 3 is 2.52 bits per heavy atom. The Morgan fingerprint density at radius 2 is 1.95 bits per heavy atom. The predicted octanol–water partition coefficient (Wildman–Crippen LogP) is 0.953. The van der Waals surface area contributed by atoms with E-state index in [1.54, 1.807) is 21.3 Å². The van der Waals surface area contributed by atoms with Gasteiger partial charge in [-0.15, -0.1) is 0 Å². The molecule has 0 radical (unpaired) electrons. The Balaban J connectivity index is 2.05. The third-order valence-corrected chi connectivity index (χ3v) is 3.64. The minimum Gasteiger partial charge on any atom is -0.493 e. The molecular formula is C15H23NO5. The molecule has 0 aromatic heterocycles. The molecule has 0 aliphatic carbocycles. The molecule has 1 aliphatic heterocycles. The molecule has 1 heterocycles. The van der Waals surface area contributed by atoms with Gasteiger partial charge in [-0.1, -0.05) is 6.07 Å². The highest BCUT2D eigenvalue weighted by Crippen LogP contribution is 2.39. The molecule has 1 aromatic carbocycles. The van der Waals surface area contributed by atoms with Crippen molar-refractivity contribution >= 4 is 0 Å². The van der Waals surface area contributed by atoms with Crippen molar-refractivity contribution in [2.24, 2.45) is 0 Å². The maximum Gasteiger partial charge on any atom is 0.203 e. The molecule has 2 N–H and O–H groups in total. The number of ether oxygens (including phenoxy) is 4. The van der Waals surface area contributed by atoms with Gasteiger partial charge in [0, 0.05) is 31.7 Å². The average Bonchev–Trinajstić information content (AvgIpc) is 2.93. The van der Waals surface area contributed by atoms with E-state index in [4.69, 9.17) is 18.9 Å². The van der Waals surface area contributed by atoms with Crippen LogP contribution in [0, 0.1) is 0 Å². The lowest BCUT2D eigenvalue weighted by atomic mass is 10.0. The molecule has 1 fully saturated rings. The van der Waals surface area contributed by atoms with Crippen molar-refractivity contribution in [2.75, 3.05) is 41.1 Å². The summed E-state index contributed by atoms with van der Waals surface area (Å²) in [6, 6.07) is 3.76. The minimum absolute atomic E-state index is 0.378. The summed E-state index contributed by atoms with van der Waals surface area (Å²) in [7, 11) is 4.76. The zero-order valence-electron chi connectivity index (χ0n) is 12.8. The second kappa shape index (κ2) is 6.98. The number of hydrogen-bond acceptors (Lipinski definition) is 6. The van der Waals surface area contributed by atoms with E-state index >= 15 is 0 Å². The van der Waals surface area contributed by atoms with E-state index in [0.29, 0.717) is 50.0 Å². The van der Waals surface area contributed by atoms with Crippen molar-refractivity contribution in [3.63, 3.8) is 0 Å². The molecule has 1 aliphatic rings. The lowest BCUT2D eigenvalue weighted by Crippen LogP contribution is -2.40. The summed E-state index contributed by atoms with van der Waals surface area (Å²) in [5, 5.41) is 13.5. The molecule has 6 heteroatoms. The minimum atomic E-state index is -0.774. The lowest BCUT2D eigenvalue weighted by Gasteiger charge is -2.21. The summed E-state index contributed by atoms with van der Waals surface area (Å²) >= 11 is 0. The number of methoxy groups -OCH3 is 3. The molecule has 1 atom stereocenters. The molecule has 0 amide bonds. The number of nitrogens with one attached hydrogen (secondary N) is 1. The smallest absolute Gasteiger partial charge is 0.203 e. The highest BCUT2D eigenvalue weighted by atomic mass is 16.5. The highest BCUT2D eigenvalue weighted by molar-refractivity contribution is 5.55. The molecule has 0 bridgehead atoms. The summed E-state index contributed by atoms with van der Waals surface area (Å²) in [4.78, 5) is 0. The van der Waals surface area contributed by atoms with Gasteiger partial charge in [0.1, 0.15) is 5.60 Å².